The van der Waals surface area contributed by atoms with E-state index in [0.29, 0.717) is 33.2 Å². The minimum Gasteiger partial charge on any atom is -0.550 e. The topological polar surface area (TPSA) is 154 Å². The van der Waals surface area contributed by atoms with Crippen molar-refractivity contribution >= 4 is 17.9 Å². The number of carbonyl (C=O) groups excluding carboxylic acids is 3. The summed E-state index contributed by atoms with van der Waals surface area (Å²) in [6, 6.07) is 0. The predicted molar refractivity (Wildman–Crippen MR) is 176 cm³/mol. The van der Waals surface area contributed by atoms with Gasteiger partial charge in [0.1, 0.15) is 5.60 Å². The summed E-state index contributed by atoms with van der Waals surface area (Å²) in [6.45, 7) is 28.5. The molecule has 3 aliphatic heterocycles. The van der Waals surface area contributed by atoms with Crippen molar-refractivity contribution in [2.45, 2.75) is 193 Å². The van der Waals surface area contributed by atoms with Gasteiger partial charge in [0.05, 0.1) is 60.3 Å². The number of likely N-dealkylation sites (tertiary alicyclic amines) is 3. The second-order valence-electron chi connectivity index (χ2n) is 18.2. The SMILES string of the molecule is C[NH+]1C(C)(C)CCCC1(C)C.C[NH+]1C(C)(C)CCCC1(C)C.C[NH+]1C(C)(C)CCCC1(C)C.O=C([O-])CC(O)(CC(=O)[O-])C(=O)[O-]. The maximum absolute atomic E-state index is 10.1. The van der Waals surface area contributed by atoms with Crippen LogP contribution >= 0.6 is 0 Å². The summed E-state index contributed by atoms with van der Waals surface area (Å²) in [5, 5.41) is 38.9. The highest BCUT2D eigenvalue weighted by atomic mass is 16.4. The Bertz CT molecular complexity index is 867. The van der Waals surface area contributed by atoms with Crippen molar-refractivity contribution in [2.24, 2.45) is 0 Å². The minimum atomic E-state index is -2.97. The third-order valence-corrected chi connectivity index (χ3v) is 12.2. The molecule has 3 heterocycles. The van der Waals surface area contributed by atoms with Crippen LogP contribution in [0.3, 0.4) is 0 Å². The van der Waals surface area contributed by atoms with E-state index in [1.54, 1.807) is 14.7 Å². The average Bonchev–Trinajstić information content (AvgIpc) is 2.84. The van der Waals surface area contributed by atoms with E-state index in [4.69, 9.17) is 5.11 Å². The maximum atomic E-state index is 10.1. The quantitative estimate of drug-likeness (QED) is 0.280. The fourth-order valence-corrected chi connectivity index (χ4v) is 7.47. The van der Waals surface area contributed by atoms with Crippen LogP contribution in [0.2, 0.25) is 0 Å². The third kappa shape index (κ3) is 13.0. The number of carboxylic acids is 3. The molecule has 0 bridgehead atoms. The Morgan fingerprint density at radius 3 is 0.783 bits per heavy atom. The molecule has 0 spiro atoms. The Labute approximate surface area is 280 Å². The Balaban J connectivity index is 0.000000588. The summed E-state index contributed by atoms with van der Waals surface area (Å²) in [4.78, 5) is 35.1. The van der Waals surface area contributed by atoms with Crippen molar-refractivity contribution < 1.29 is 49.5 Å². The van der Waals surface area contributed by atoms with Crippen molar-refractivity contribution in [1.29, 1.82) is 0 Å². The van der Waals surface area contributed by atoms with Crippen LogP contribution in [0.25, 0.3) is 0 Å². The van der Waals surface area contributed by atoms with Crippen LogP contribution in [0.15, 0.2) is 0 Å². The van der Waals surface area contributed by atoms with E-state index in [0.717, 1.165) is 0 Å². The van der Waals surface area contributed by atoms with Gasteiger partial charge in [-0.3, -0.25) is 0 Å². The Hall–Kier alpha value is -1.75. The number of quaternary nitrogens is 3. The van der Waals surface area contributed by atoms with Gasteiger partial charge in [0.2, 0.25) is 0 Å². The summed E-state index contributed by atoms with van der Waals surface area (Å²) in [5.41, 5.74) is -0.0475. The van der Waals surface area contributed by atoms with Gasteiger partial charge in [0, 0.05) is 63.3 Å². The molecule has 0 amide bonds. The van der Waals surface area contributed by atoms with Crippen LogP contribution in [-0.2, 0) is 14.4 Å². The molecule has 4 N–H and O–H groups in total. The molecule has 3 saturated heterocycles. The van der Waals surface area contributed by atoms with Crippen LogP contribution in [0, 0.1) is 0 Å². The van der Waals surface area contributed by atoms with E-state index in [-0.39, 0.29) is 0 Å². The van der Waals surface area contributed by atoms with Crippen molar-refractivity contribution in [3.8, 4) is 0 Å². The first-order valence-corrected chi connectivity index (χ1v) is 17.2. The largest absolute Gasteiger partial charge is 0.550 e. The average molecular weight is 658 g/mol. The van der Waals surface area contributed by atoms with Gasteiger partial charge >= 0.3 is 0 Å². The molecular weight excluding hydrogens is 586 g/mol. The van der Waals surface area contributed by atoms with Gasteiger partial charge in [-0.05, 0) is 102 Å². The smallest absolute Gasteiger partial charge is 0.114 e. The molecule has 0 aromatic heterocycles. The van der Waals surface area contributed by atoms with Crippen LogP contribution in [-0.4, -0.2) is 83.0 Å². The van der Waals surface area contributed by atoms with E-state index in [1.807, 2.05) is 0 Å². The van der Waals surface area contributed by atoms with Gasteiger partial charge in [-0.25, -0.2) is 0 Å². The molecule has 0 aromatic carbocycles. The number of hydrogen-bond donors (Lipinski definition) is 4. The second kappa shape index (κ2) is 16.1. The number of rotatable bonds is 5. The van der Waals surface area contributed by atoms with Crippen LogP contribution in [0.4, 0.5) is 0 Å². The normalized spacial score (nSPS) is 24.8. The highest BCUT2D eigenvalue weighted by Crippen LogP contribution is 2.24. The predicted octanol–water partition coefficient (Wildman–Crippen LogP) is -1.53. The molecule has 3 rings (SSSR count). The van der Waals surface area contributed by atoms with Crippen molar-refractivity contribution in [3.05, 3.63) is 0 Å². The van der Waals surface area contributed by atoms with Crippen LogP contribution in [0.5, 0.6) is 0 Å². The molecule has 10 heteroatoms. The van der Waals surface area contributed by atoms with Gasteiger partial charge in [-0.2, -0.15) is 0 Å². The lowest BCUT2D eigenvalue weighted by molar-refractivity contribution is -0.982. The van der Waals surface area contributed by atoms with E-state index in [9.17, 15) is 29.7 Å². The van der Waals surface area contributed by atoms with E-state index >= 15 is 0 Å². The Kier molecular flexibility index (Phi) is 15.5. The van der Waals surface area contributed by atoms with Crippen LogP contribution < -0.4 is 30.0 Å². The molecule has 272 valence electrons. The van der Waals surface area contributed by atoms with Crippen molar-refractivity contribution in [2.75, 3.05) is 21.1 Å². The minimum absolute atomic E-state index is 0.488. The molecule has 0 aromatic rings. The van der Waals surface area contributed by atoms with E-state index in [1.165, 1.54) is 57.8 Å². The lowest BCUT2D eigenvalue weighted by atomic mass is 9.80. The summed E-state index contributed by atoms with van der Waals surface area (Å²) >= 11 is 0. The molecular formula is C36H71N3O7. The van der Waals surface area contributed by atoms with Gasteiger partial charge in [-0.1, -0.05) is 0 Å². The fraction of sp³-hybridized carbons (Fsp3) is 0.917. The highest BCUT2D eigenvalue weighted by Gasteiger charge is 2.44. The molecule has 10 nitrogen and oxygen atoms in total. The number of nitrogens with one attached hydrogen (secondary N) is 3. The zero-order chi connectivity index (χ0) is 36.7. The first-order chi connectivity index (χ1) is 20.4. The lowest BCUT2D eigenvalue weighted by Gasteiger charge is -2.47. The van der Waals surface area contributed by atoms with Crippen molar-refractivity contribution in [1.82, 2.24) is 0 Å². The molecule has 46 heavy (non-hydrogen) atoms. The number of hydrogen-bond acceptors (Lipinski definition) is 7. The molecule has 0 saturated carbocycles. The van der Waals surface area contributed by atoms with E-state index < -0.39 is 36.4 Å². The van der Waals surface area contributed by atoms with Crippen LogP contribution in [0.1, 0.15) is 154 Å². The second-order valence-corrected chi connectivity index (χ2v) is 18.2. The molecule has 0 atom stereocenters. The number of carboxylic acid groups (broad SMARTS) is 3. The fourth-order valence-electron chi connectivity index (χ4n) is 7.47. The lowest BCUT2D eigenvalue weighted by Crippen LogP contribution is -3.24. The maximum Gasteiger partial charge on any atom is 0.114 e. The summed E-state index contributed by atoms with van der Waals surface area (Å²) < 4.78 is 0. The van der Waals surface area contributed by atoms with E-state index in [2.05, 4.69) is 104 Å². The first kappa shape index (κ1) is 44.2. The Morgan fingerprint density at radius 2 is 0.674 bits per heavy atom. The summed E-state index contributed by atoms with van der Waals surface area (Å²) in [6.07, 6.45) is 9.75. The van der Waals surface area contributed by atoms with Gasteiger partial charge in [-0.15, -0.1) is 0 Å². The zero-order valence-corrected chi connectivity index (χ0v) is 32.2. The molecule has 0 unspecified atom stereocenters. The molecule has 0 radical (unpaired) electrons. The third-order valence-electron chi connectivity index (χ3n) is 12.2. The molecule has 3 fully saturated rings. The molecule has 0 aliphatic carbocycles. The summed E-state index contributed by atoms with van der Waals surface area (Å²) in [5.74, 6) is -5.98. The monoisotopic (exact) mass is 658 g/mol. The number of piperidine rings is 3. The zero-order valence-electron chi connectivity index (χ0n) is 32.2. The van der Waals surface area contributed by atoms with Crippen molar-refractivity contribution in [3.63, 3.8) is 0 Å². The standard InChI is InChI=1S/3C10H21N.C6H8O7/c3*1-9(2)7-6-8-10(3,4)11(9)5;7-3(8)1-6(13,5(11)12)2-4(9)10/h3*6-8H2,1-5H3;13H,1-2H2,(H,7,8)(H,9,10)(H,11,12). The van der Waals surface area contributed by atoms with Gasteiger partial charge < -0.3 is 49.5 Å². The Morgan fingerprint density at radius 1 is 0.500 bits per heavy atom. The first-order valence-electron chi connectivity index (χ1n) is 17.2. The number of carbonyl (C=O) groups is 3. The number of aliphatic carboxylic acids is 3. The number of aliphatic hydroxyl groups is 1. The van der Waals surface area contributed by atoms with Gasteiger partial charge in [0.15, 0.2) is 0 Å². The van der Waals surface area contributed by atoms with Gasteiger partial charge in [0.25, 0.3) is 0 Å². The summed E-state index contributed by atoms with van der Waals surface area (Å²) in [7, 11) is 7.00. The molecule has 3 aliphatic rings. The highest BCUT2D eigenvalue weighted by molar-refractivity contribution is 5.86.